The highest BCUT2D eigenvalue weighted by atomic mass is 32.2. The molecule has 1 amide bonds. The van der Waals surface area contributed by atoms with E-state index >= 15 is 0 Å². The van der Waals surface area contributed by atoms with Gasteiger partial charge in [0.1, 0.15) is 5.75 Å². The van der Waals surface area contributed by atoms with E-state index in [4.69, 9.17) is 4.74 Å². The third kappa shape index (κ3) is 4.24. The van der Waals surface area contributed by atoms with Gasteiger partial charge in [0, 0.05) is 46.4 Å². The number of fused-ring (bicyclic) bond motifs is 2. The van der Waals surface area contributed by atoms with Crippen molar-refractivity contribution in [1.82, 2.24) is 9.55 Å². The van der Waals surface area contributed by atoms with Crippen LogP contribution in [0.2, 0.25) is 0 Å². The number of rotatable bonds is 6. The Morgan fingerprint density at radius 1 is 0.943 bits per heavy atom. The lowest BCUT2D eigenvalue weighted by Crippen LogP contribution is -2.24. The van der Waals surface area contributed by atoms with E-state index in [1.807, 2.05) is 35.0 Å². The first-order valence-electron chi connectivity index (χ1n) is 10.9. The number of carbonyl (C=O) groups excluding carboxylic acids is 3. The molecule has 1 aliphatic carbocycles. The van der Waals surface area contributed by atoms with E-state index in [1.54, 1.807) is 62.7 Å². The first-order chi connectivity index (χ1) is 17.0. The molecule has 3 aromatic carbocycles. The molecule has 1 N–H and O–H groups in total. The number of hydrogen-bond donors (Lipinski definition) is 1. The molecule has 174 valence electrons. The van der Waals surface area contributed by atoms with E-state index in [9.17, 15) is 14.4 Å². The number of carbonyl (C=O) groups is 3. The fraction of sp³-hybridized carbons (Fsp3) is 0.111. The predicted octanol–water partition coefficient (Wildman–Crippen LogP) is 4.78. The summed E-state index contributed by atoms with van der Waals surface area (Å²) in [5.74, 6) is 0.0570. The summed E-state index contributed by atoms with van der Waals surface area (Å²) >= 11 is 1.31. The van der Waals surface area contributed by atoms with Crippen LogP contribution >= 0.6 is 11.8 Å². The fourth-order valence-electron chi connectivity index (χ4n) is 3.97. The zero-order chi connectivity index (χ0) is 24.5. The highest BCUT2D eigenvalue weighted by Gasteiger charge is 2.29. The number of methoxy groups -OCH3 is 1. The Labute approximate surface area is 206 Å². The zero-order valence-corrected chi connectivity index (χ0v) is 19.8. The molecule has 0 fully saturated rings. The van der Waals surface area contributed by atoms with Crippen molar-refractivity contribution in [2.24, 2.45) is 0 Å². The second-order valence-corrected chi connectivity index (χ2v) is 9.30. The summed E-state index contributed by atoms with van der Waals surface area (Å²) < 4.78 is 7.19. The molecule has 0 saturated heterocycles. The Kier molecular flexibility index (Phi) is 5.96. The van der Waals surface area contributed by atoms with Gasteiger partial charge in [0.2, 0.25) is 5.91 Å². The number of ether oxygens (including phenoxy) is 1. The lowest BCUT2D eigenvalue weighted by Gasteiger charge is -2.19. The molecule has 1 heterocycles. The number of amides is 1. The lowest BCUT2D eigenvalue weighted by atomic mass is 9.84. The summed E-state index contributed by atoms with van der Waals surface area (Å²) in [7, 11) is 1.61. The Morgan fingerprint density at radius 2 is 1.66 bits per heavy atom. The second-order valence-electron chi connectivity index (χ2n) is 7.99. The van der Waals surface area contributed by atoms with Crippen LogP contribution in [0.3, 0.4) is 0 Å². The van der Waals surface area contributed by atoms with E-state index in [0.717, 1.165) is 11.4 Å². The van der Waals surface area contributed by atoms with Gasteiger partial charge in [-0.3, -0.25) is 19.0 Å². The van der Waals surface area contributed by atoms with Crippen LogP contribution in [0.25, 0.3) is 5.69 Å². The van der Waals surface area contributed by atoms with Crippen LogP contribution < -0.4 is 10.1 Å². The minimum Gasteiger partial charge on any atom is -0.497 e. The molecular weight excluding hydrogens is 462 g/mol. The smallest absolute Gasteiger partial charge is 0.237 e. The number of aromatic nitrogens is 2. The Morgan fingerprint density at radius 3 is 2.40 bits per heavy atom. The third-order valence-corrected chi connectivity index (χ3v) is 6.86. The van der Waals surface area contributed by atoms with Crippen molar-refractivity contribution in [2.45, 2.75) is 17.3 Å². The van der Waals surface area contributed by atoms with Crippen molar-refractivity contribution < 1.29 is 19.1 Å². The molecule has 0 radical (unpaired) electrons. The molecule has 0 saturated carbocycles. The van der Waals surface area contributed by atoms with Gasteiger partial charge in [0.25, 0.3) is 0 Å². The maximum atomic E-state index is 13.0. The molecule has 7 nitrogen and oxygen atoms in total. The number of nitrogens with zero attached hydrogens (tertiary/aromatic N) is 2. The monoisotopic (exact) mass is 483 g/mol. The minimum atomic E-state index is -0.476. The number of anilines is 1. The molecule has 4 aromatic rings. The fourth-order valence-corrected chi connectivity index (χ4v) is 4.85. The Balaban J connectivity index is 1.33. The van der Waals surface area contributed by atoms with Gasteiger partial charge in [-0.1, -0.05) is 42.1 Å². The Hall–Kier alpha value is -4.17. The molecule has 1 aromatic heterocycles. The molecule has 8 heteroatoms. The van der Waals surface area contributed by atoms with Crippen molar-refractivity contribution in [3.05, 3.63) is 101 Å². The quantitative estimate of drug-likeness (QED) is 0.350. The normalized spacial score (nSPS) is 13.1. The van der Waals surface area contributed by atoms with E-state index in [1.165, 1.54) is 11.8 Å². The predicted molar refractivity (Wildman–Crippen MR) is 134 cm³/mol. The van der Waals surface area contributed by atoms with Crippen molar-refractivity contribution in [1.29, 1.82) is 0 Å². The van der Waals surface area contributed by atoms with Crippen molar-refractivity contribution >= 4 is 34.9 Å². The summed E-state index contributed by atoms with van der Waals surface area (Å²) in [6.07, 6.45) is 3.50. The Bertz CT molecular complexity index is 1480. The summed E-state index contributed by atoms with van der Waals surface area (Å²) in [6, 6.07) is 19.1. The number of ketones is 2. The lowest BCUT2D eigenvalue weighted by molar-refractivity contribution is -0.115. The molecule has 35 heavy (non-hydrogen) atoms. The van der Waals surface area contributed by atoms with Gasteiger partial charge in [0.15, 0.2) is 16.7 Å². The van der Waals surface area contributed by atoms with Crippen LogP contribution in [0.4, 0.5) is 5.69 Å². The first kappa shape index (κ1) is 22.6. The molecule has 1 atom stereocenters. The average molecular weight is 484 g/mol. The highest BCUT2D eigenvalue weighted by molar-refractivity contribution is 8.00. The van der Waals surface area contributed by atoms with Crippen molar-refractivity contribution in [2.75, 3.05) is 12.4 Å². The van der Waals surface area contributed by atoms with Crippen LogP contribution in [-0.2, 0) is 4.79 Å². The van der Waals surface area contributed by atoms with Crippen LogP contribution in [0.15, 0.2) is 84.3 Å². The van der Waals surface area contributed by atoms with E-state index < -0.39 is 5.25 Å². The molecule has 0 bridgehead atoms. The molecule has 1 unspecified atom stereocenters. The van der Waals surface area contributed by atoms with Gasteiger partial charge in [-0.15, -0.1) is 0 Å². The number of nitrogens with one attached hydrogen (secondary N) is 1. The summed E-state index contributed by atoms with van der Waals surface area (Å²) in [6.45, 7) is 1.79. The third-order valence-electron chi connectivity index (χ3n) is 5.78. The SMILES string of the molecule is COc1cccc(-n2ccnc2SC(C)C(=O)Nc2ccc3c(c2)C(=O)c2ccccc2C3=O)c1. The van der Waals surface area contributed by atoms with Gasteiger partial charge in [-0.25, -0.2) is 4.98 Å². The standard InChI is InChI=1S/C27H21N3O4S/c1-16(35-27-28-12-13-30(27)18-6-5-7-19(15-18)34-2)26(33)29-17-10-11-22-23(14-17)25(32)21-9-4-3-8-20(21)24(22)31/h3-16H,1-2H3,(H,29,33). The molecule has 1 aliphatic rings. The largest absolute Gasteiger partial charge is 0.497 e. The summed E-state index contributed by atoms with van der Waals surface area (Å²) in [5.41, 5.74) is 2.74. The van der Waals surface area contributed by atoms with E-state index in [-0.39, 0.29) is 17.5 Å². The van der Waals surface area contributed by atoms with Crippen molar-refractivity contribution in [3.8, 4) is 11.4 Å². The number of thioether (sulfide) groups is 1. The zero-order valence-electron chi connectivity index (χ0n) is 19.0. The average Bonchev–Trinajstić information content (AvgIpc) is 3.35. The van der Waals surface area contributed by atoms with Gasteiger partial charge in [-0.05, 0) is 37.3 Å². The van der Waals surface area contributed by atoms with E-state index in [2.05, 4.69) is 10.3 Å². The van der Waals surface area contributed by atoms with Gasteiger partial charge >= 0.3 is 0 Å². The molecule has 0 spiro atoms. The topological polar surface area (TPSA) is 90.3 Å². The molecule has 5 rings (SSSR count). The van der Waals surface area contributed by atoms with Crippen LogP contribution in [0.1, 0.15) is 38.8 Å². The van der Waals surface area contributed by atoms with E-state index in [0.29, 0.717) is 33.1 Å². The number of benzene rings is 3. The van der Waals surface area contributed by atoms with Crippen LogP contribution in [0, 0.1) is 0 Å². The second kappa shape index (κ2) is 9.23. The summed E-state index contributed by atoms with van der Waals surface area (Å²) in [5, 5.41) is 3.04. The number of imidazole rings is 1. The van der Waals surface area contributed by atoms with Gasteiger partial charge < -0.3 is 10.1 Å². The van der Waals surface area contributed by atoms with Crippen LogP contribution in [-0.4, -0.2) is 39.4 Å². The number of hydrogen-bond acceptors (Lipinski definition) is 6. The summed E-state index contributed by atoms with van der Waals surface area (Å²) in [4.78, 5) is 43.1. The minimum absolute atomic E-state index is 0.193. The highest BCUT2D eigenvalue weighted by Crippen LogP contribution is 2.30. The van der Waals surface area contributed by atoms with Crippen molar-refractivity contribution in [3.63, 3.8) is 0 Å². The maximum Gasteiger partial charge on any atom is 0.237 e. The van der Waals surface area contributed by atoms with Crippen LogP contribution in [0.5, 0.6) is 5.75 Å². The maximum absolute atomic E-state index is 13.0. The first-order valence-corrected chi connectivity index (χ1v) is 11.8. The molecular formula is C27H21N3O4S. The van der Waals surface area contributed by atoms with Gasteiger partial charge in [0.05, 0.1) is 18.0 Å². The van der Waals surface area contributed by atoms with Gasteiger partial charge in [-0.2, -0.15) is 0 Å². The molecule has 0 aliphatic heterocycles.